The van der Waals surface area contributed by atoms with E-state index in [2.05, 4.69) is 28.8 Å². The van der Waals surface area contributed by atoms with Crippen LogP contribution in [-0.2, 0) is 0 Å². The normalized spacial score (nSPS) is 16.9. The van der Waals surface area contributed by atoms with E-state index in [0.717, 1.165) is 19.0 Å². The van der Waals surface area contributed by atoms with Gasteiger partial charge in [-0.05, 0) is 38.2 Å². The fourth-order valence-electron chi connectivity index (χ4n) is 1.14. The van der Waals surface area contributed by atoms with Crippen LogP contribution in [0.25, 0.3) is 0 Å². The van der Waals surface area contributed by atoms with Crippen LogP contribution < -0.4 is 10.6 Å². The predicted molar refractivity (Wildman–Crippen MR) is 65.1 cm³/mol. The molecule has 1 fully saturated rings. The van der Waals surface area contributed by atoms with Crippen molar-refractivity contribution in [2.45, 2.75) is 32.2 Å². The van der Waals surface area contributed by atoms with E-state index < -0.39 is 0 Å². The highest BCUT2D eigenvalue weighted by molar-refractivity contribution is 7.98. The molecule has 0 unspecified atom stereocenters. The summed E-state index contributed by atoms with van der Waals surface area (Å²) in [4.78, 5) is 4.51. The van der Waals surface area contributed by atoms with Crippen LogP contribution in [0.1, 0.15) is 26.2 Å². The Hall–Kier alpha value is -0.380. The third kappa shape index (κ3) is 5.37. The Morgan fingerprint density at radius 2 is 2.29 bits per heavy atom. The molecule has 1 rings (SSSR count). The molecule has 0 amide bonds. The maximum Gasteiger partial charge on any atom is 0.191 e. The Labute approximate surface area is 91.1 Å². The minimum Gasteiger partial charge on any atom is -0.357 e. The number of guanidine groups is 1. The average molecular weight is 215 g/mol. The summed E-state index contributed by atoms with van der Waals surface area (Å²) in [6.45, 7) is 3.98. The van der Waals surface area contributed by atoms with Crippen molar-refractivity contribution in [3.8, 4) is 0 Å². The lowest BCUT2D eigenvalue weighted by atomic mass is 10.5. The second-order valence-corrected chi connectivity index (χ2v) is 4.51. The zero-order valence-electron chi connectivity index (χ0n) is 9.18. The highest BCUT2D eigenvalue weighted by Gasteiger charge is 2.21. The Kier molecular flexibility index (Phi) is 5.83. The Balaban J connectivity index is 2.16. The van der Waals surface area contributed by atoms with Gasteiger partial charge >= 0.3 is 0 Å². The van der Waals surface area contributed by atoms with Crippen molar-refractivity contribution in [2.75, 3.05) is 25.1 Å². The molecule has 0 aliphatic heterocycles. The zero-order chi connectivity index (χ0) is 10.2. The van der Waals surface area contributed by atoms with Gasteiger partial charge in [-0.2, -0.15) is 11.8 Å². The third-order valence-electron chi connectivity index (χ3n) is 2.04. The van der Waals surface area contributed by atoms with Crippen molar-refractivity contribution in [1.82, 2.24) is 10.6 Å². The average Bonchev–Trinajstić information content (AvgIpc) is 2.96. The molecular formula is C10H21N3S. The lowest BCUT2D eigenvalue weighted by Gasteiger charge is -2.09. The topological polar surface area (TPSA) is 36.4 Å². The van der Waals surface area contributed by atoms with Gasteiger partial charge in [0.25, 0.3) is 0 Å². The number of nitrogens with zero attached hydrogens (tertiary/aromatic N) is 1. The minimum atomic E-state index is 0.688. The molecule has 1 aliphatic carbocycles. The maximum absolute atomic E-state index is 4.51. The van der Waals surface area contributed by atoms with E-state index >= 15 is 0 Å². The van der Waals surface area contributed by atoms with Gasteiger partial charge in [0.2, 0.25) is 0 Å². The molecule has 82 valence electrons. The minimum absolute atomic E-state index is 0.688. The van der Waals surface area contributed by atoms with Crippen molar-refractivity contribution < 1.29 is 0 Å². The van der Waals surface area contributed by atoms with Crippen molar-refractivity contribution in [2.24, 2.45) is 4.99 Å². The van der Waals surface area contributed by atoms with Gasteiger partial charge in [0.1, 0.15) is 0 Å². The second-order valence-electron chi connectivity index (χ2n) is 3.53. The quantitative estimate of drug-likeness (QED) is 0.400. The SMILES string of the molecule is CCNC(=NCCCSC)NC1CC1. The molecule has 0 bridgehead atoms. The molecule has 0 aromatic rings. The Morgan fingerprint density at radius 3 is 2.86 bits per heavy atom. The summed E-state index contributed by atoms with van der Waals surface area (Å²) in [6.07, 6.45) is 5.91. The van der Waals surface area contributed by atoms with E-state index in [1.165, 1.54) is 25.0 Å². The second kappa shape index (κ2) is 6.98. The van der Waals surface area contributed by atoms with E-state index in [1.54, 1.807) is 0 Å². The van der Waals surface area contributed by atoms with Crippen molar-refractivity contribution in [3.05, 3.63) is 0 Å². The number of rotatable bonds is 6. The van der Waals surface area contributed by atoms with E-state index in [-0.39, 0.29) is 0 Å². The number of nitrogens with one attached hydrogen (secondary N) is 2. The van der Waals surface area contributed by atoms with Crippen LogP contribution in [0.3, 0.4) is 0 Å². The first kappa shape index (κ1) is 11.7. The van der Waals surface area contributed by atoms with Gasteiger partial charge in [-0.1, -0.05) is 0 Å². The molecule has 0 atom stereocenters. The molecule has 1 saturated carbocycles. The predicted octanol–water partition coefficient (Wildman–Crippen LogP) is 1.46. The lowest BCUT2D eigenvalue weighted by Crippen LogP contribution is -2.38. The highest BCUT2D eigenvalue weighted by Crippen LogP contribution is 2.18. The van der Waals surface area contributed by atoms with Gasteiger partial charge in [0.15, 0.2) is 5.96 Å². The number of hydrogen-bond donors (Lipinski definition) is 2. The maximum atomic E-state index is 4.51. The molecule has 3 nitrogen and oxygen atoms in total. The molecule has 0 heterocycles. The van der Waals surface area contributed by atoms with Gasteiger partial charge < -0.3 is 10.6 Å². The smallest absolute Gasteiger partial charge is 0.191 e. The summed E-state index contributed by atoms with van der Waals surface area (Å²) in [5, 5.41) is 6.66. The van der Waals surface area contributed by atoms with Gasteiger partial charge in [0, 0.05) is 19.1 Å². The monoisotopic (exact) mass is 215 g/mol. The Morgan fingerprint density at radius 1 is 1.50 bits per heavy atom. The molecule has 2 N–H and O–H groups in total. The number of hydrogen-bond acceptors (Lipinski definition) is 2. The van der Waals surface area contributed by atoms with Crippen molar-refractivity contribution in [3.63, 3.8) is 0 Å². The molecule has 14 heavy (non-hydrogen) atoms. The van der Waals surface area contributed by atoms with E-state index in [9.17, 15) is 0 Å². The number of aliphatic imine (C=N–C) groups is 1. The van der Waals surface area contributed by atoms with Crippen LogP contribution >= 0.6 is 11.8 Å². The fourth-order valence-corrected chi connectivity index (χ4v) is 1.56. The summed E-state index contributed by atoms with van der Waals surface area (Å²) in [5.41, 5.74) is 0. The molecule has 4 heteroatoms. The first-order chi connectivity index (χ1) is 6.86. The first-order valence-corrected chi connectivity index (χ1v) is 6.80. The zero-order valence-corrected chi connectivity index (χ0v) is 9.99. The van der Waals surface area contributed by atoms with Gasteiger partial charge in [-0.3, -0.25) is 4.99 Å². The van der Waals surface area contributed by atoms with Crippen LogP contribution in [0, 0.1) is 0 Å². The van der Waals surface area contributed by atoms with Crippen molar-refractivity contribution >= 4 is 17.7 Å². The van der Waals surface area contributed by atoms with Crippen molar-refractivity contribution in [1.29, 1.82) is 0 Å². The summed E-state index contributed by atoms with van der Waals surface area (Å²) in [6, 6.07) is 0.688. The molecule has 1 aliphatic rings. The fraction of sp³-hybridized carbons (Fsp3) is 0.900. The lowest BCUT2D eigenvalue weighted by molar-refractivity contribution is 0.805. The summed E-state index contributed by atoms with van der Waals surface area (Å²) < 4.78 is 0. The molecule has 0 saturated heterocycles. The van der Waals surface area contributed by atoms with Gasteiger partial charge in [-0.15, -0.1) is 0 Å². The largest absolute Gasteiger partial charge is 0.357 e. The van der Waals surface area contributed by atoms with Crippen LogP contribution in [0.15, 0.2) is 4.99 Å². The summed E-state index contributed by atoms with van der Waals surface area (Å²) >= 11 is 1.88. The summed E-state index contributed by atoms with van der Waals surface area (Å²) in [5.74, 6) is 2.20. The van der Waals surface area contributed by atoms with Crippen LogP contribution in [0.5, 0.6) is 0 Å². The highest BCUT2D eigenvalue weighted by atomic mass is 32.2. The molecule has 0 spiro atoms. The molecule has 0 radical (unpaired) electrons. The van der Waals surface area contributed by atoms with Crippen LogP contribution in [-0.4, -0.2) is 37.1 Å². The van der Waals surface area contributed by atoms with Gasteiger partial charge in [-0.25, -0.2) is 0 Å². The van der Waals surface area contributed by atoms with E-state index in [4.69, 9.17) is 0 Å². The van der Waals surface area contributed by atoms with Crippen LogP contribution in [0.4, 0.5) is 0 Å². The standard InChI is InChI=1S/C10H21N3S/c1-3-11-10(13-9-5-6-9)12-7-4-8-14-2/h9H,3-8H2,1-2H3,(H2,11,12,13). The Bertz CT molecular complexity index is 178. The number of thioether (sulfide) groups is 1. The van der Waals surface area contributed by atoms with E-state index in [1.807, 2.05) is 11.8 Å². The third-order valence-corrected chi connectivity index (χ3v) is 2.74. The first-order valence-electron chi connectivity index (χ1n) is 5.40. The van der Waals surface area contributed by atoms with Gasteiger partial charge in [0.05, 0.1) is 0 Å². The van der Waals surface area contributed by atoms with Crippen LogP contribution in [0.2, 0.25) is 0 Å². The molecule has 0 aromatic carbocycles. The molecular weight excluding hydrogens is 194 g/mol. The molecule has 0 aromatic heterocycles. The van der Waals surface area contributed by atoms with E-state index in [0.29, 0.717) is 6.04 Å². The summed E-state index contributed by atoms with van der Waals surface area (Å²) in [7, 11) is 0.